The summed E-state index contributed by atoms with van der Waals surface area (Å²) in [5.41, 5.74) is 0.726. The second-order valence-electron chi connectivity index (χ2n) is 4.16. The molecule has 0 radical (unpaired) electrons. The molecule has 0 atom stereocenters. The fourth-order valence-corrected chi connectivity index (χ4v) is 3.10. The Kier molecular flexibility index (Phi) is 4.74. The Balaban J connectivity index is 2.50. The van der Waals surface area contributed by atoms with E-state index in [4.69, 9.17) is 26.4 Å². The van der Waals surface area contributed by atoms with E-state index in [0.717, 1.165) is 5.56 Å². The van der Waals surface area contributed by atoms with Crippen LogP contribution >= 0.6 is 24.0 Å². The molecule has 1 aromatic carbocycles. The number of carbonyl (C=O) groups is 1. The van der Waals surface area contributed by atoms with Gasteiger partial charge in [0.25, 0.3) is 5.91 Å². The number of ether oxygens (including phenoxy) is 3. The molecule has 0 saturated carbocycles. The second-order valence-corrected chi connectivity index (χ2v) is 5.84. The van der Waals surface area contributed by atoms with E-state index >= 15 is 0 Å². The Morgan fingerprint density at radius 3 is 2.29 bits per heavy atom. The Labute approximate surface area is 132 Å². The third kappa shape index (κ3) is 2.84. The highest BCUT2D eigenvalue weighted by Gasteiger charge is 2.29. The number of thioether (sulfide) groups is 1. The number of carbonyl (C=O) groups excluding carboxylic acids is 1. The van der Waals surface area contributed by atoms with Crippen molar-refractivity contribution in [1.29, 1.82) is 0 Å². The molecule has 1 amide bonds. The van der Waals surface area contributed by atoms with Crippen molar-refractivity contribution in [1.82, 2.24) is 4.90 Å². The normalized spacial score (nSPS) is 16.6. The number of amides is 1. The van der Waals surface area contributed by atoms with Gasteiger partial charge in [-0.15, -0.1) is 0 Å². The highest BCUT2D eigenvalue weighted by Crippen LogP contribution is 2.42. The van der Waals surface area contributed by atoms with E-state index in [0.29, 0.717) is 26.5 Å². The summed E-state index contributed by atoms with van der Waals surface area (Å²) in [6, 6.07) is 3.57. The molecule has 1 aromatic rings. The van der Waals surface area contributed by atoms with E-state index in [2.05, 4.69) is 0 Å². The average Bonchev–Trinajstić information content (AvgIpc) is 2.73. The first kappa shape index (κ1) is 15.7. The van der Waals surface area contributed by atoms with Crippen LogP contribution < -0.4 is 14.2 Å². The molecule has 1 aliphatic heterocycles. The van der Waals surface area contributed by atoms with Crippen molar-refractivity contribution < 1.29 is 19.0 Å². The molecule has 0 unspecified atom stereocenters. The number of hydrogen-bond acceptors (Lipinski definition) is 6. The first-order valence-corrected chi connectivity index (χ1v) is 7.26. The summed E-state index contributed by atoms with van der Waals surface area (Å²) in [5, 5.41) is 0. The summed E-state index contributed by atoms with van der Waals surface area (Å²) >= 11 is 6.37. The number of rotatable bonds is 4. The smallest absolute Gasteiger partial charge is 0.265 e. The first-order valence-electron chi connectivity index (χ1n) is 6.04. The molecule has 0 spiro atoms. The van der Waals surface area contributed by atoms with Crippen molar-refractivity contribution >= 4 is 40.3 Å². The van der Waals surface area contributed by atoms with Gasteiger partial charge >= 0.3 is 0 Å². The molecule has 112 valence electrons. The largest absolute Gasteiger partial charge is 0.493 e. The second kappa shape index (κ2) is 6.36. The van der Waals surface area contributed by atoms with Gasteiger partial charge in [0, 0.05) is 12.6 Å². The van der Waals surface area contributed by atoms with E-state index in [1.165, 1.54) is 23.8 Å². The SMILES string of the molecule is COc1ccc(/C=C2\SC(=S)N(C)C2=O)c(OC)c1OC. The molecule has 1 heterocycles. The molecule has 0 bridgehead atoms. The van der Waals surface area contributed by atoms with Crippen molar-refractivity contribution in [2.45, 2.75) is 0 Å². The third-order valence-corrected chi connectivity index (χ3v) is 4.49. The average molecular weight is 325 g/mol. The topological polar surface area (TPSA) is 48.0 Å². The molecule has 7 heteroatoms. The van der Waals surface area contributed by atoms with Crippen LogP contribution in [-0.2, 0) is 4.79 Å². The number of methoxy groups -OCH3 is 3. The number of nitrogens with zero attached hydrogens (tertiary/aromatic N) is 1. The van der Waals surface area contributed by atoms with Crippen molar-refractivity contribution in [3.8, 4) is 17.2 Å². The van der Waals surface area contributed by atoms with Crippen LogP contribution in [0.2, 0.25) is 0 Å². The highest BCUT2D eigenvalue weighted by molar-refractivity contribution is 8.26. The monoisotopic (exact) mass is 325 g/mol. The molecule has 1 fully saturated rings. The summed E-state index contributed by atoms with van der Waals surface area (Å²) in [7, 11) is 6.29. The van der Waals surface area contributed by atoms with Crippen molar-refractivity contribution in [3.05, 3.63) is 22.6 Å². The maximum atomic E-state index is 12.0. The minimum atomic E-state index is -0.123. The lowest BCUT2D eigenvalue weighted by Crippen LogP contribution is -2.22. The van der Waals surface area contributed by atoms with Gasteiger partial charge < -0.3 is 14.2 Å². The number of thiocarbonyl (C=S) groups is 1. The summed E-state index contributed by atoms with van der Waals surface area (Å²) in [4.78, 5) is 14.0. The molecule has 0 aromatic heterocycles. The zero-order valence-corrected chi connectivity index (χ0v) is 13.8. The fourth-order valence-electron chi connectivity index (χ4n) is 1.92. The van der Waals surface area contributed by atoms with Gasteiger partial charge in [0.2, 0.25) is 5.75 Å². The van der Waals surface area contributed by atoms with E-state index in [1.54, 1.807) is 33.4 Å². The van der Waals surface area contributed by atoms with Crippen LogP contribution in [0.15, 0.2) is 17.0 Å². The maximum absolute atomic E-state index is 12.0. The zero-order chi connectivity index (χ0) is 15.6. The van der Waals surface area contributed by atoms with E-state index in [1.807, 2.05) is 6.07 Å². The minimum Gasteiger partial charge on any atom is -0.493 e. The molecule has 0 aliphatic carbocycles. The molecule has 5 nitrogen and oxygen atoms in total. The fraction of sp³-hybridized carbons (Fsp3) is 0.286. The first-order chi connectivity index (χ1) is 10.0. The van der Waals surface area contributed by atoms with Crippen molar-refractivity contribution in [3.63, 3.8) is 0 Å². The molecular formula is C14H15NO4S2. The third-order valence-electron chi connectivity index (χ3n) is 3.01. The summed E-state index contributed by atoms with van der Waals surface area (Å²) in [6.45, 7) is 0. The van der Waals surface area contributed by atoms with Crippen LogP contribution in [0.5, 0.6) is 17.2 Å². The van der Waals surface area contributed by atoms with Crippen LogP contribution in [0, 0.1) is 0 Å². The van der Waals surface area contributed by atoms with Gasteiger partial charge in [-0.1, -0.05) is 24.0 Å². The molecule has 1 saturated heterocycles. The highest BCUT2D eigenvalue weighted by atomic mass is 32.2. The summed E-state index contributed by atoms with van der Waals surface area (Å²) in [5.74, 6) is 1.44. The predicted octanol–water partition coefficient (Wildman–Crippen LogP) is 2.54. The maximum Gasteiger partial charge on any atom is 0.265 e. The predicted molar refractivity (Wildman–Crippen MR) is 87.0 cm³/mol. The van der Waals surface area contributed by atoms with Crippen LogP contribution in [-0.4, -0.2) is 43.5 Å². The number of hydrogen-bond donors (Lipinski definition) is 0. The Hall–Kier alpha value is -1.73. The molecule has 2 rings (SSSR count). The lowest BCUT2D eigenvalue weighted by Gasteiger charge is -2.14. The van der Waals surface area contributed by atoms with Gasteiger partial charge in [-0.2, -0.15) is 0 Å². The Bertz CT molecular complexity index is 628. The van der Waals surface area contributed by atoms with Gasteiger partial charge in [-0.3, -0.25) is 9.69 Å². The quantitative estimate of drug-likeness (QED) is 0.626. The number of likely N-dealkylation sites (N-methyl/N-ethyl adjacent to an activating group) is 1. The molecule has 21 heavy (non-hydrogen) atoms. The number of benzene rings is 1. The van der Waals surface area contributed by atoms with Gasteiger partial charge in [0.05, 0.1) is 26.2 Å². The van der Waals surface area contributed by atoms with Gasteiger partial charge in [0.1, 0.15) is 4.32 Å². The van der Waals surface area contributed by atoms with Crippen molar-refractivity contribution in [2.24, 2.45) is 0 Å². The zero-order valence-electron chi connectivity index (χ0n) is 12.1. The lowest BCUT2D eigenvalue weighted by molar-refractivity contribution is -0.121. The van der Waals surface area contributed by atoms with Crippen LogP contribution in [0.1, 0.15) is 5.56 Å². The van der Waals surface area contributed by atoms with Crippen LogP contribution in [0.4, 0.5) is 0 Å². The van der Waals surface area contributed by atoms with Gasteiger partial charge in [-0.25, -0.2) is 0 Å². The van der Waals surface area contributed by atoms with E-state index in [9.17, 15) is 4.79 Å². The van der Waals surface area contributed by atoms with Gasteiger partial charge in [-0.05, 0) is 18.2 Å². The molecular weight excluding hydrogens is 310 g/mol. The van der Waals surface area contributed by atoms with Crippen LogP contribution in [0.3, 0.4) is 0 Å². The Morgan fingerprint density at radius 1 is 1.14 bits per heavy atom. The van der Waals surface area contributed by atoms with Gasteiger partial charge in [0.15, 0.2) is 11.5 Å². The molecule has 0 N–H and O–H groups in total. The summed E-state index contributed by atoms with van der Waals surface area (Å²) < 4.78 is 16.5. The van der Waals surface area contributed by atoms with Crippen LogP contribution in [0.25, 0.3) is 6.08 Å². The van der Waals surface area contributed by atoms with E-state index in [-0.39, 0.29) is 5.91 Å². The minimum absolute atomic E-state index is 0.123. The summed E-state index contributed by atoms with van der Waals surface area (Å²) in [6.07, 6.45) is 1.74. The molecule has 1 aliphatic rings. The van der Waals surface area contributed by atoms with Crippen molar-refractivity contribution in [2.75, 3.05) is 28.4 Å². The lowest BCUT2D eigenvalue weighted by atomic mass is 10.1. The van der Waals surface area contributed by atoms with E-state index < -0.39 is 0 Å². The Morgan fingerprint density at radius 2 is 1.81 bits per heavy atom. The standard InChI is InChI=1S/C14H15NO4S2/c1-15-13(16)10(21-14(15)20)7-8-5-6-9(17-2)12(19-4)11(8)18-3/h5-7H,1-4H3/b10-7-.